The van der Waals surface area contributed by atoms with Gasteiger partial charge in [-0.2, -0.15) is 0 Å². The Hall–Kier alpha value is -2.32. The van der Waals surface area contributed by atoms with Crippen molar-refractivity contribution in [3.8, 4) is 17.1 Å². The number of amides is 1. The maximum absolute atomic E-state index is 13.7. The van der Waals surface area contributed by atoms with Crippen LogP contribution in [0.5, 0.6) is 5.75 Å². The summed E-state index contributed by atoms with van der Waals surface area (Å²) in [6, 6.07) is 4.36. The molecule has 1 aliphatic heterocycles. The minimum atomic E-state index is -0.485. The van der Waals surface area contributed by atoms with E-state index in [9.17, 15) is 9.18 Å². The minimum Gasteiger partial charge on any atom is -0.494 e. The van der Waals surface area contributed by atoms with Crippen molar-refractivity contribution >= 4 is 24.1 Å². The third kappa shape index (κ3) is 3.91. The van der Waals surface area contributed by atoms with Gasteiger partial charge in [0.1, 0.15) is 5.56 Å². The van der Waals surface area contributed by atoms with Crippen LogP contribution in [0.2, 0.25) is 0 Å². The van der Waals surface area contributed by atoms with Crippen LogP contribution in [0.15, 0.2) is 22.7 Å². The highest BCUT2D eigenvalue weighted by molar-refractivity contribution is 6.04. The van der Waals surface area contributed by atoms with E-state index >= 15 is 0 Å². The van der Waals surface area contributed by atoms with Crippen LogP contribution in [-0.4, -0.2) is 51.4 Å². The van der Waals surface area contributed by atoms with Gasteiger partial charge in [0.25, 0.3) is 5.91 Å². The molecule has 0 saturated carbocycles. The molecule has 1 aromatic heterocycles. The van der Waals surface area contributed by atoms with Crippen LogP contribution in [0.4, 0.5) is 10.2 Å². The minimum absolute atomic E-state index is 0. The molecular formula is C17H22ClFN4O3. The highest BCUT2D eigenvalue weighted by Gasteiger charge is 2.28. The molecule has 1 atom stereocenters. The predicted octanol–water partition coefficient (Wildman–Crippen LogP) is 2.07. The van der Waals surface area contributed by atoms with Gasteiger partial charge in [-0.25, -0.2) is 4.39 Å². The number of carbonyl (C=O) groups is 1. The fourth-order valence-electron chi connectivity index (χ4n) is 2.83. The zero-order valence-electron chi connectivity index (χ0n) is 14.8. The van der Waals surface area contributed by atoms with Gasteiger partial charge >= 0.3 is 0 Å². The maximum atomic E-state index is 13.7. The first-order valence-corrected chi connectivity index (χ1v) is 8.03. The number of hydrogen-bond donors (Lipinski definition) is 2. The molecule has 0 spiro atoms. The van der Waals surface area contributed by atoms with Crippen molar-refractivity contribution < 1.29 is 18.4 Å². The molecule has 26 heavy (non-hydrogen) atoms. The number of nitrogens with one attached hydrogen (secondary N) is 2. The van der Waals surface area contributed by atoms with E-state index in [1.54, 1.807) is 19.0 Å². The molecular weight excluding hydrogens is 363 g/mol. The summed E-state index contributed by atoms with van der Waals surface area (Å²) in [5.74, 6) is 0.0254. The molecule has 1 amide bonds. The summed E-state index contributed by atoms with van der Waals surface area (Å²) in [6.07, 6.45) is 0.869. The Balaban J connectivity index is 0.00000243. The molecule has 0 unspecified atom stereocenters. The van der Waals surface area contributed by atoms with E-state index in [-0.39, 0.29) is 35.9 Å². The van der Waals surface area contributed by atoms with Gasteiger partial charge in [-0.05, 0) is 31.2 Å². The number of hydrogen-bond acceptors (Lipinski definition) is 6. The van der Waals surface area contributed by atoms with Crippen molar-refractivity contribution in [2.45, 2.75) is 12.5 Å². The van der Waals surface area contributed by atoms with Gasteiger partial charge in [0, 0.05) is 32.2 Å². The van der Waals surface area contributed by atoms with Crippen molar-refractivity contribution in [2.75, 3.05) is 39.2 Å². The predicted molar refractivity (Wildman–Crippen MR) is 98.8 cm³/mol. The van der Waals surface area contributed by atoms with Crippen molar-refractivity contribution in [1.29, 1.82) is 0 Å². The summed E-state index contributed by atoms with van der Waals surface area (Å²) in [5.41, 5.74) is 0.846. The van der Waals surface area contributed by atoms with Crippen LogP contribution in [0.3, 0.4) is 0 Å². The average molecular weight is 385 g/mol. The molecule has 3 rings (SSSR count). The average Bonchev–Trinajstić information content (AvgIpc) is 3.24. The number of anilines is 1. The van der Waals surface area contributed by atoms with Crippen LogP contribution >= 0.6 is 12.4 Å². The fraction of sp³-hybridized carbons (Fsp3) is 0.412. The number of aromatic nitrogens is 1. The summed E-state index contributed by atoms with van der Waals surface area (Å²) < 4.78 is 24.1. The molecule has 2 heterocycles. The largest absolute Gasteiger partial charge is 0.494 e. The molecule has 0 bridgehead atoms. The zero-order chi connectivity index (χ0) is 18.0. The number of carbonyl (C=O) groups excluding carboxylic acids is 1. The van der Waals surface area contributed by atoms with E-state index < -0.39 is 5.82 Å². The standard InChI is InChI=1S/C17H21FN4O3.ClH/c1-22(2)16-14(17(23)20-11-6-7-19-9-11)15(25-21-16)10-4-5-12(18)13(8-10)24-3;/h4-5,8,11,19H,6-7,9H2,1-3H3,(H,20,23);1H/t11-;/m1./s1. The van der Waals surface area contributed by atoms with Crippen molar-refractivity contribution in [2.24, 2.45) is 0 Å². The molecule has 1 fully saturated rings. The highest BCUT2D eigenvalue weighted by atomic mass is 35.5. The number of benzene rings is 1. The SMILES string of the molecule is COc1cc(-c2onc(N(C)C)c2C(=O)N[C@@H]2CCNC2)ccc1F.Cl. The quantitative estimate of drug-likeness (QED) is 0.821. The van der Waals surface area contributed by atoms with Gasteiger partial charge in [0.15, 0.2) is 23.1 Å². The molecule has 1 saturated heterocycles. The van der Waals surface area contributed by atoms with Gasteiger partial charge in [0.05, 0.1) is 7.11 Å². The van der Waals surface area contributed by atoms with E-state index in [0.29, 0.717) is 16.9 Å². The van der Waals surface area contributed by atoms with Crippen molar-refractivity contribution in [3.05, 3.63) is 29.6 Å². The summed E-state index contributed by atoms with van der Waals surface area (Å²) in [5, 5.41) is 10.2. The first kappa shape index (κ1) is 20.0. The van der Waals surface area contributed by atoms with Crippen molar-refractivity contribution in [1.82, 2.24) is 15.8 Å². The van der Waals surface area contributed by atoms with Crippen LogP contribution in [-0.2, 0) is 0 Å². The Kier molecular flexibility index (Phi) is 6.44. The topological polar surface area (TPSA) is 79.6 Å². The second kappa shape index (κ2) is 8.37. The van der Waals surface area contributed by atoms with Gasteiger partial charge in [-0.1, -0.05) is 5.16 Å². The molecule has 0 radical (unpaired) electrons. The lowest BCUT2D eigenvalue weighted by atomic mass is 10.1. The van der Waals surface area contributed by atoms with Gasteiger partial charge in [0.2, 0.25) is 0 Å². The molecule has 1 aliphatic rings. The lowest BCUT2D eigenvalue weighted by Crippen LogP contribution is -2.36. The molecule has 2 N–H and O–H groups in total. The molecule has 1 aromatic carbocycles. The van der Waals surface area contributed by atoms with E-state index in [1.165, 1.54) is 25.3 Å². The Morgan fingerprint density at radius 1 is 1.46 bits per heavy atom. The first-order chi connectivity index (χ1) is 12.0. The normalized spacial score (nSPS) is 16.1. The molecule has 2 aromatic rings. The van der Waals surface area contributed by atoms with Gasteiger partial charge < -0.3 is 24.8 Å². The van der Waals surface area contributed by atoms with E-state index in [4.69, 9.17) is 9.26 Å². The number of nitrogens with zero attached hydrogens (tertiary/aromatic N) is 2. The highest BCUT2D eigenvalue weighted by Crippen LogP contribution is 2.33. The molecule has 7 nitrogen and oxygen atoms in total. The number of ether oxygens (including phenoxy) is 1. The third-order valence-corrected chi connectivity index (χ3v) is 4.13. The summed E-state index contributed by atoms with van der Waals surface area (Å²) in [4.78, 5) is 14.5. The molecule has 9 heteroatoms. The van der Waals surface area contributed by atoms with E-state index in [2.05, 4.69) is 15.8 Å². The fourth-order valence-corrected chi connectivity index (χ4v) is 2.83. The van der Waals surface area contributed by atoms with Crippen LogP contribution in [0.25, 0.3) is 11.3 Å². The molecule has 0 aliphatic carbocycles. The van der Waals surface area contributed by atoms with Crippen molar-refractivity contribution in [3.63, 3.8) is 0 Å². The number of rotatable bonds is 5. The number of methoxy groups -OCH3 is 1. The second-order valence-corrected chi connectivity index (χ2v) is 6.12. The first-order valence-electron chi connectivity index (χ1n) is 8.03. The Bertz CT molecular complexity index is 775. The summed E-state index contributed by atoms with van der Waals surface area (Å²) in [6.45, 7) is 1.60. The van der Waals surface area contributed by atoms with Crippen LogP contribution in [0, 0.1) is 5.82 Å². The lowest BCUT2D eigenvalue weighted by Gasteiger charge is -2.14. The lowest BCUT2D eigenvalue weighted by molar-refractivity contribution is 0.0941. The van der Waals surface area contributed by atoms with Gasteiger partial charge in [-0.3, -0.25) is 4.79 Å². The monoisotopic (exact) mass is 384 g/mol. The Labute approximate surface area is 157 Å². The zero-order valence-corrected chi connectivity index (χ0v) is 15.7. The van der Waals surface area contributed by atoms with Crippen LogP contribution in [0.1, 0.15) is 16.8 Å². The summed E-state index contributed by atoms with van der Waals surface area (Å²) >= 11 is 0. The van der Waals surface area contributed by atoms with Gasteiger partial charge in [-0.15, -0.1) is 12.4 Å². The molecule has 142 valence electrons. The third-order valence-electron chi connectivity index (χ3n) is 4.13. The van der Waals surface area contributed by atoms with Crippen LogP contribution < -0.4 is 20.3 Å². The Morgan fingerprint density at radius 3 is 2.85 bits per heavy atom. The number of halogens is 2. The summed E-state index contributed by atoms with van der Waals surface area (Å²) in [7, 11) is 4.94. The second-order valence-electron chi connectivity index (χ2n) is 6.12. The smallest absolute Gasteiger partial charge is 0.259 e. The maximum Gasteiger partial charge on any atom is 0.259 e. The van der Waals surface area contributed by atoms with E-state index in [1.807, 2.05) is 0 Å². The van der Waals surface area contributed by atoms with E-state index in [0.717, 1.165) is 19.5 Å². The Morgan fingerprint density at radius 2 is 2.23 bits per heavy atom.